The van der Waals surface area contributed by atoms with Gasteiger partial charge in [0.25, 0.3) is 5.91 Å². The lowest BCUT2D eigenvalue weighted by Crippen LogP contribution is -2.32. The summed E-state index contributed by atoms with van der Waals surface area (Å²) in [5.41, 5.74) is 3.62. The van der Waals surface area contributed by atoms with Crippen molar-refractivity contribution in [2.45, 2.75) is 39.2 Å². The van der Waals surface area contributed by atoms with Crippen molar-refractivity contribution in [3.05, 3.63) is 59.7 Å². The predicted octanol–water partition coefficient (Wildman–Crippen LogP) is 4.20. The van der Waals surface area contributed by atoms with Crippen molar-refractivity contribution in [3.63, 3.8) is 0 Å². The summed E-state index contributed by atoms with van der Waals surface area (Å²) in [7, 11) is 0. The van der Waals surface area contributed by atoms with Gasteiger partial charge in [0.2, 0.25) is 5.91 Å². The van der Waals surface area contributed by atoms with Gasteiger partial charge in [0, 0.05) is 42.5 Å². The topological polar surface area (TPSA) is 61.4 Å². The lowest BCUT2D eigenvalue weighted by atomic mass is 9.99. The van der Waals surface area contributed by atoms with Gasteiger partial charge in [-0.1, -0.05) is 19.1 Å². The first-order chi connectivity index (χ1) is 14.1. The first-order valence-corrected chi connectivity index (χ1v) is 10.6. The molecule has 2 aromatic rings. The maximum atomic E-state index is 12.5. The van der Waals surface area contributed by atoms with E-state index in [1.165, 1.54) is 18.5 Å². The molecule has 2 N–H and O–H groups in total. The third-order valence-corrected chi connectivity index (χ3v) is 5.90. The molecule has 0 aromatic heterocycles. The molecule has 0 unspecified atom stereocenters. The van der Waals surface area contributed by atoms with Crippen LogP contribution in [0.4, 0.5) is 11.4 Å². The molecule has 0 radical (unpaired) electrons. The zero-order valence-electron chi connectivity index (χ0n) is 17.0. The molecular formula is C24H29N3O2. The fourth-order valence-electron chi connectivity index (χ4n) is 3.68. The van der Waals surface area contributed by atoms with E-state index in [-0.39, 0.29) is 17.7 Å². The van der Waals surface area contributed by atoms with Crippen LogP contribution in [0.15, 0.2) is 48.5 Å². The largest absolute Gasteiger partial charge is 0.372 e. The van der Waals surface area contributed by atoms with Crippen molar-refractivity contribution < 1.29 is 9.59 Å². The van der Waals surface area contributed by atoms with Crippen LogP contribution in [-0.2, 0) is 11.3 Å². The number of nitrogens with zero attached hydrogens (tertiary/aromatic N) is 1. The normalized spacial score (nSPS) is 17.1. The number of piperidine rings is 1. The van der Waals surface area contributed by atoms with Gasteiger partial charge in [0.05, 0.1) is 0 Å². The van der Waals surface area contributed by atoms with Crippen molar-refractivity contribution in [1.82, 2.24) is 5.32 Å². The summed E-state index contributed by atoms with van der Waals surface area (Å²) in [5.74, 6) is 1.03. The third kappa shape index (κ3) is 5.17. The van der Waals surface area contributed by atoms with Gasteiger partial charge < -0.3 is 15.5 Å². The lowest BCUT2D eigenvalue weighted by molar-refractivity contribution is -0.122. The van der Waals surface area contributed by atoms with E-state index in [4.69, 9.17) is 0 Å². The van der Waals surface area contributed by atoms with Crippen LogP contribution >= 0.6 is 0 Å². The van der Waals surface area contributed by atoms with Crippen LogP contribution in [0.3, 0.4) is 0 Å². The molecule has 152 valence electrons. The highest BCUT2D eigenvalue weighted by atomic mass is 16.2. The lowest BCUT2D eigenvalue weighted by Gasteiger charge is -2.32. The van der Waals surface area contributed by atoms with Crippen LogP contribution in [0.25, 0.3) is 0 Å². The van der Waals surface area contributed by atoms with E-state index in [1.54, 1.807) is 12.1 Å². The molecule has 0 spiro atoms. The zero-order valence-corrected chi connectivity index (χ0v) is 17.0. The van der Waals surface area contributed by atoms with Crippen molar-refractivity contribution in [1.29, 1.82) is 0 Å². The smallest absolute Gasteiger partial charge is 0.255 e. The Morgan fingerprint density at radius 1 is 0.931 bits per heavy atom. The maximum Gasteiger partial charge on any atom is 0.255 e. The van der Waals surface area contributed by atoms with Crippen molar-refractivity contribution in [2.75, 3.05) is 23.3 Å². The Balaban J connectivity index is 1.29. The Bertz CT molecular complexity index is 849. The first-order valence-electron chi connectivity index (χ1n) is 10.6. The second-order valence-electron chi connectivity index (χ2n) is 8.36. The molecule has 4 rings (SSSR count). The summed E-state index contributed by atoms with van der Waals surface area (Å²) >= 11 is 0. The van der Waals surface area contributed by atoms with Crippen LogP contribution in [0.5, 0.6) is 0 Å². The molecule has 1 aliphatic carbocycles. The monoisotopic (exact) mass is 391 g/mol. The van der Waals surface area contributed by atoms with Gasteiger partial charge in [-0.05, 0) is 73.6 Å². The van der Waals surface area contributed by atoms with Gasteiger partial charge in [-0.3, -0.25) is 9.59 Å². The molecule has 1 saturated heterocycles. The number of carbonyl (C=O) groups excluding carboxylic acids is 2. The molecule has 0 atom stereocenters. The number of hydrogen-bond donors (Lipinski definition) is 2. The molecule has 29 heavy (non-hydrogen) atoms. The molecule has 2 fully saturated rings. The Morgan fingerprint density at radius 2 is 1.59 bits per heavy atom. The molecule has 2 amide bonds. The molecule has 2 aromatic carbocycles. The van der Waals surface area contributed by atoms with Crippen LogP contribution < -0.4 is 15.5 Å². The summed E-state index contributed by atoms with van der Waals surface area (Å²) in [6.45, 7) is 5.02. The molecule has 5 heteroatoms. The van der Waals surface area contributed by atoms with Crippen molar-refractivity contribution in [2.24, 2.45) is 11.8 Å². The van der Waals surface area contributed by atoms with Gasteiger partial charge in [-0.15, -0.1) is 0 Å². The number of anilines is 2. The minimum Gasteiger partial charge on any atom is -0.372 e. The minimum absolute atomic E-state index is 0.127. The molecule has 1 aliphatic heterocycles. The van der Waals surface area contributed by atoms with Gasteiger partial charge in [0.15, 0.2) is 0 Å². The van der Waals surface area contributed by atoms with Gasteiger partial charge in [0.1, 0.15) is 0 Å². The molecule has 1 saturated carbocycles. The van der Waals surface area contributed by atoms with E-state index in [2.05, 4.69) is 34.6 Å². The molecular weight excluding hydrogens is 362 g/mol. The van der Waals surface area contributed by atoms with Crippen molar-refractivity contribution in [3.8, 4) is 0 Å². The van der Waals surface area contributed by atoms with Crippen LogP contribution in [0.2, 0.25) is 0 Å². The highest BCUT2D eigenvalue weighted by Gasteiger charge is 2.29. The van der Waals surface area contributed by atoms with Gasteiger partial charge >= 0.3 is 0 Å². The highest BCUT2D eigenvalue weighted by Crippen LogP contribution is 2.29. The summed E-state index contributed by atoms with van der Waals surface area (Å²) in [6.07, 6.45) is 4.48. The van der Waals surface area contributed by atoms with Crippen LogP contribution in [0.1, 0.15) is 48.5 Å². The number of hydrogen-bond acceptors (Lipinski definition) is 3. The zero-order chi connectivity index (χ0) is 20.2. The predicted molar refractivity (Wildman–Crippen MR) is 116 cm³/mol. The summed E-state index contributed by atoms with van der Waals surface area (Å²) in [5, 5.41) is 5.90. The number of nitrogens with one attached hydrogen (secondary N) is 2. The molecule has 1 heterocycles. The summed E-state index contributed by atoms with van der Waals surface area (Å²) in [4.78, 5) is 26.6. The van der Waals surface area contributed by atoms with E-state index in [0.29, 0.717) is 12.1 Å². The van der Waals surface area contributed by atoms with Gasteiger partial charge in [-0.2, -0.15) is 0 Å². The average Bonchev–Trinajstić information content (AvgIpc) is 3.59. The highest BCUT2D eigenvalue weighted by molar-refractivity contribution is 6.04. The summed E-state index contributed by atoms with van der Waals surface area (Å²) < 4.78 is 0. The van der Waals surface area contributed by atoms with Crippen molar-refractivity contribution >= 4 is 23.2 Å². The van der Waals surface area contributed by atoms with E-state index in [0.717, 1.165) is 43.1 Å². The Hall–Kier alpha value is -2.82. The van der Waals surface area contributed by atoms with E-state index in [9.17, 15) is 9.59 Å². The first kappa shape index (κ1) is 19.5. The average molecular weight is 392 g/mol. The number of carbonyl (C=O) groups is 2. The molecule has 0 bridgehead atoms. The minimum atomic E-state index is -0.127. The second-order valence-corrected chi connectivity index (χ2v) is 8.36. The fourth-order valence-corrected chi connectivity index (χ4v) is 3.68. The van der Waals surface area contributed by atoms with E-state index < -0.39 is 0 Å². The SMILES string of the molecule is CC1CCN(c2ccc(NC(=O)c3ccc(CNC(=O)C4CC4)cc3)cc2)CC1. The number of benzene rings is 2. The quantitative estimate of drug-likeness (QED) is 0.776. The standard InChI is InChI=1S/C24H29N3O2/c1-17-12-14-27(15-13-17)22-10-8-21(9-11-22)26-24(29)20-4-2-18(3-5-20)16-25-23(28)19-6-7-19/h2-5,8-11,17,19H,6-7,12-16H2,1H3,(H,25,28)(H,26,29). The van der Waals surface area contributed by atoms with E-state index >= 15 is 0 Å². The molecule has 5 nitrogen and oxygen atoms in total. The van der Waals surface area contributed by atoms with E-state index in [1.807, 2.05) is 24.3 Å². The fraction of sp³-hybridized carbons (Fsp3) is 0.417. The maximum absolute atomic E-state index is 12.5. The van der Waals surface area contributed by atoms with Crippen LogP contribution in [0, 0.1) is 11.8 Å². The van der Waals surface area contributed by atoms with Gasteiger partial charge in [-0.25, -0.2) is 0 Å². The number of amides is 2. The number of rotatable bonds is 6. The van der Waals surface area contributed by atoms with Crippen LogP contribution in [-0.4, -0.2) is 24.9 Å². The Kier molecular flexibility index (Phi) is 5.84. The summed E-state index contributed by atoms with van der Waals surface area (Å²) in [6, 6.07) is 15.5. The Labute approximate surface area is 172 Å². The Morgan fingerprint density at radius 3 is 2.21 bits per heavy atom. The molecule has 2 aliphatic rings. The second kappa shape index (κ2) is 8.68. The third-order valence-electron chi connectivity index (χ3n) is 5.90.